The molecule has 2 rings (SSSR count). The average Bonchev–Trinajstić information content (AvgIpc) is 2.63. The Kier molecular flexibility index (Phi) is 6.85. The summed E-state index contributed by atoms with van der Waals surface area (Å²) >= 11 is 0. The second-order valence-electron chi connectivity index (χ2n) is 6.46. The molecule has 0 radical (unpaired) electrons. The topological polar surface area (TPSA) is 75.7 Å². The number of rotatable bonds is 8. The van der Waals surface area contributed by atoms with E-state index in [0.717, 1.165) is 27.4 Å². The smallest absolute Gasteiger partial charge is 0.243 e. The van der Waals surface area contributed by atoms with Crippen molar-refractivity contribution in [2.24, 2.45) is 0 Å². The molecule has 0 spiro atoms. The molecule has 146 valence electrons. The van der Waals surface area contributed by atoms with Crippen molar-refractivity contribution >= 4 is 21.6 Å². The van der Waals surface area contributed by atoms with Gasteiger partial charge in [0, 0.05) is 6.54 Å². The van der Waals surface area contributed by atoms with Crippen molar-refractivity contribution in [1.29, 1.82) is 0 Å². The van der Waals surface area contributed by atoms with Gasteiger partial charge in [0.05, 0.1) is 19.1 Å². The van der Waals surface area contributed by atoms with E-state index >= 15 is 0 Å². The number of nitrogens with zero attached hydrogens (tertiary/aromatic N) is 1. The predicted molar refractivity (Wildman–Crippen MR) is 108 cm³/mol. The van der Waals surface area contributed by atoms with Gasteiger partial charge in [0.2, 0.25) is 15.9 Å². The molecule has 1 N–H and O–H groups in total. The molecule has 1 amide bonds. The second-order valence-corrected chi connectivity index (χ2v) is 8.32. The number of amides is 1. The van der Waals surface area contributed by atoms with Crippen LogP contribution < -0.4 is 14.4 Å². The van der Waals surface area contributed by atoms with Crippen LogP contribution in [0.1, 0.15) is 18.1 Å². The fraction of sp³-hybridized carbons (Fsp3) is 0.350. The van der Waals surface area contributed by atoms with Crippen molar-refractivity contribution < 1.29 is 17.9 Å². The Morgan fingerprint density at radius 1 is 1.11 bits per heavy atom. The van der Waals surface area contributed by atoms with Crippen LogP contribution in [0, 0.1) is 6.92 Å². The van der Waals surface area contributed by atoms with Crippen LogP contribution in [0.15, 0.2) is 48.5 Å². The van der Waals surface area contributed by atoms with E-state index in [1.807, 2.05) is 43.3 Å². The minimum Gasteiger partial charge on any atom is -0.497 e. The van der Waals surface area contributed by atoms with E-state index in [9.17, 15) is 13.2 Å². The van der Waals surface area contributed by atoms with E-state index in [2.05, 4.69) is 5.32 Å². The lowest BCUT2D eigenvalue weighted by Crippen LogP contribution is -2.48. The monoisotopic (exact) mass is 390 g/mol. The third-order valence-corrected chi connectivity index (χ3v) is 5.49. The summed E-state index contributed by atoms with van der Waals surface area (Å²) in [7, 11) is -1.99. The van der Waals surface area contributed by atoms with Crippen LogP contribution in [0.5, 0.6) is 5.75 Å². The fourth-order valence-electron chi connectivity index (χ4n) is 2.77. The number of carbonyl (C=O) groups excluding carboxylic acids is 1. The van der Waals surface area contributed by atoms with Crippen molar-refractivity contribution in [1.82, 2.24) is 5.32 Å². The van der Waals surface area contributed by atoms with E-state index in [1.165, 1.54) is 0 Å². The van der Waals surface area contributed by atoms with Crippen molar-refractivity contribution in [2.75, 3.05) is 24.2 Å². The summed E-state index contributed by atoms with van der Waals surface area (Å²) in [5.41, 5.74) is 2.55. The van der Waals surface area contributed by atoms with Crippen LogP contribution in [0.2, 0.25) is 0 Å². The summed E-state index contributed by atoms with van der Waals surface area (Å²) < 4.78 is 30.8. The first kappa shape index (κ1) is 20.8. The molecule has 0 heterocycles. The Morgan fingerprint density at radius 3 is 2.22 bits per heavy atom. The molecule has 1 atom stereocenters. The van der Waals surface area contributed by atoms with E-state index < -0.39 is 16.1 Å². The van der Waals surface area contributed by atoms with Gasteiger partial charge in [-0.25, -0.2) is 8.42 Å². The summed E-state index contributed by atoms with van der Waals surface area (Å²) in [6.07, 6.45) is 1.75. The quantitative estimate of drug-likeness (QED) is 0.751. The number of sulfonamides is 1. The summed E-state index contributed by atoms with van der Waals surface area (Å²) in [6, 6.07) is 13.8. The molecule has 27 heavy (non-hydrogen) atoms. The van der Waals surface area contributed by atoms with Crippen LogP contribution in [0.3, 0.4) is 0 Å². The van der Waals surface area contributed by atoms with Gasteiger partial charge in [-0.1, -0.05) is 29.8 Å². The summed E-state index contributed by atoms with van der Waals surface area (Å²) in [6.45, 7) is 3.93. The van der Waals surface area contributed by atoms with Gasteiger partial charge in [0.1, 0.15) is 11.8 Å². The minimum absolute atomic E-state index is 0.338. The van der Waals surface area contributed by atoms with Crippen LogP contribution in [0.25, 0.3) is 0 Å². The lowest BCUT2D eigenvalue weighted by atomic mass is 10.1. The van der Waals surface area contributed by atoms with Gasteiger partial charge in [-0.3, -0.25) is 9.10 Å². The number of ether oxygens (including phenoxy) is 1. The van der Waals surface area contributed by atoms with Gasteiger partial charge < -0.3 is 10.1 Å². The fourth-order valence-corrected chi connectivity index (χ4v) is 3.95. The first-order chi connectivity index (χ1) is 12.7. The highest BCUT2D eigenvalue weighted by Crippen LogP contribution is 2.21. The standard InChI is InChI=1S/C20H26N2O4S/c1-15-5-9-18(10-6-15)22(27(4,24)25)16(2)20(23)21-14-13-17-7-11-19(26-3)12-8-17/h5-12,16H,13-14H2,1-4H3,(H,21,23). The predicted octanol–water partition coefficient (Wildman–Crippen LogP) is 2.52. The zero-order valence-corrected chi connectivity index (χ0v) is 16.9. The maximum absolute atomic E-state index is 12.5. The number of benzene rings is 2. The second kappa shape index (κ2) is 8.90. The Morgan fingerprint density at radius 2 is 1.70 bits per heavy atom. The highest BCUT2D eigenvalue weighted by molar-refractivity contribution is 7.92. The van der Waals surface area contributed by atoms with Crippen molar-refractivity contribution in [3.8, 4) is 5.75 Å². The lowest BCUT2D eigenvalue weighted by Gasteiger charge is -2.28. The summed E-state index contributed by atoms with van der Waals surface area (Å²) in [5.74, 6) is 0.438. The molecular weight excluding hydrogens is 364 g/mol. The third-order valence-electron chi connectivity index (χ3n) is 4.25. The molecule has 0 aliphatic carbocycles. The molecule has 0 saturated carbocycles. The highest BCUT2D eigenvalue weighted by Gasteiger charge is 2.28. The lowest BCUT2D eigenvalue weighted by molar-refractivity contribution is -0.121. The molecule has 0 aliphatic rings. The molecule has 6 nitrogen and oxygen atoms in total. The number of anilines is 1. The average molecular weight is 391 g/mol. The number of hydrogen-bond donors (Lipinski definition) is 1. The SMILES string of the molecule is COc1ccc(CCNC(=O)C(C)N(c2ccc(C)cc2)S(C)(=O)=O)cc1. The zero-order chi connectivity index (χ0) is 20.0. The van der Waals surface area contributed by atoms with Gasteiger partial charge in [0.25, 0.3) is 0 Å². The number of carbonyl (C=O) groups is 1. The van der Waals surface area contributed by atoms with Gasteiger partial charge in [-0.05, 0) is 50.1 Å². The van der Waals surface area contributed by atoms with Gasteiger partial charge in [0.15, 0.2) is 0 Å². The largest absolute Gasteiger partial charge is 0.497 e. The normalized spacial score (nSPS) is 12.3. The summed E-state index contributed by atoms with van der Waals surface area (Å²) in [4.78, 5) is 12.5. The molecule has 0 saturated heterocycles. The van der Waals surface area contributed by atoms with E-state index in [4.69, 9.17) is 4.74 Å². The van der Waals surface area contributed by atoms with Crippen LogP contribution >= 0.6 is 0 Å². The maximum Gasteiger partial charge on any atom is 0.243 e. The molecule has 0 aromatic heterocycles. The maximum atomic E-state index is 12.5. The van der Waals surface area contributed by atoms with Crippen molar-refractivity contribution in [3.63, 3.8) is 0 Å². The zero-order valence-electron chi connectivity index (χ0n) is 16.1. The minimum atomic E-state index is -3.60. The molecule has 0 fully saturated rings. The molecule has 1 unspecified atom stereocenters. The number of aryl methyl sites for hydroxylation is 1. The highest BCUT2D eigenvalue weighted by atomic mass is 32.2. The first-order valence-electron chi connectivity index (χ1n) is 8.69. The first-order valence-corrected chi connectivity index (χ1v) is 10.5. The number of methoxy groups -OCH3 is 1. The Hall–Kier alpha value is -2.54. The number of nitrogens with one attached hydrogen (secondary N) is 1. The van der Waals surface area contributed by atoms with Gasteiger partial charge >= 0.3 is 0 Å². The summed E-state index contributed by atoms with van der Waals surface area (Å²) in [5, 5.41) is 2.82. The third kappa shape index (κ3) is 5.72. The van der Waals surface area contributed by atoms with Crippen molar-refractivity contribution in [3.05, 3.63) is 59.7 Å². The molecule has 7 heteroatoms. The van der Waals surface area contributed by atoms with Gasteiger partial charge in [-0.15, -0.1) is 0 Å². The van der Waals surface area contributed by atoms with E-state index in [0.29, 0.717) is 18.7 Å². The van der Waals surface area contributed by atoms with Crippen molar-refractivity contribution in [2.45, 2.75) is 26.3 Å². The molecule has 0 bridgehead atoms. The molecule has 0 aliphatic heterocycles. The Balaban J connectivity index is 2.02. The Bertz CT molecular complexity index is 862. The van der Waals surface area contributed by atoms with E-state index in [1.54, 1.807) is 26.2 Å². The van der Waals surface area contributed by atoms with Crippen LogP contribution in [-0.4, -0.2) is 40.3 Å². The number of hydrogen-bond acceptors (Lipinski definition) is 4. The van der Waals surface area contributed by atoms with Crippen LogP contribution in [-0.2, 0) is 21.2 Å². The Labute approximate surface area is 161 Å². The van der Waals surface area contributed by atoms with Gasteiger partial charge in [-0.2, -0.15) is 0 Å². The molecule has 2 aromatic carbocycles. The molecular formula is C20H26N2O4S. The van der Waals surface area contributed by atoms with Crippen LogP contribution in [0.4, 0.5) is 5.69 Å². The van der Waals surface area contributed by atoms with E-state index in [-0.39, 0.29) is 5.91 Å². The molecule has 2 aromatic rings.